The molecule has 5 nitrogen and oxygen atoms in total. The van der Waals surface area contributed by atoms with Crippen LogP contribution in [0, 0.1) is 12.7 Å². The van der Waals surface area contributed by atoms with Crippen LogP contribution in [0.25, 0.3) is 0 Å². The van der Waals surface area contributed by atoms with E-state index in [9.17, 15) is 22.4 Å². The van der Waals surface area contributed by atoms with Gasteiger partial charge in [-0.2, -0.15) is 18.3 Å². The van der Waals surface area contributed by atoms with Crippen LogP contribution in [-0.2, 0) is 30.4 Å². The minimum Gasteiger partial charge on any atom is -0.358 e. The van der Waals surface area contributed by atoms with Crippen molar-refractivity contribution < 1.29 is 22.4 Å². The van der Waals surface area contributed by atoms with Crippen molar-refractivity contribution >= 4 is 5.91 Å². The highest BCUT2D eigenvalue weighted by Crippen LogP contribution is 2.41. The van der Waals surface area contributed by atoms with Crippen LogP contribution in [-0.4, -0.2) is 34.2 Å². The third-order valence-electron chi connectivity index (χ3n) is 6.91. The van der Waals surface area contributed by atoms with Gasteiger partial charge in [0.2, 0.25) is 5.91 Å². The van der Waals surface area contributed by atoms with E-state index in [4.69, 9.17) is 5.10 Å². The summed E-state index contributed by atoms with van der Waals surface area (Å²) in [5.74, 6) is -1.42. The minimum absolute atomic E-state index is 0.143. The summed E-state index contributed by atoms with van der Waals surface area (Å²) in [4.78, 5) is 15.3. The highest BCUT2D eigenvalue weighted by atomic mass is 19.4. The maximum atomic E-state index is 14.2. The monoisotopic (exact) mass is 502 g/mol. The fourth-order valence-electron chi connectivity index (χ4n) is 5.29. The predicted octanol–water partition coefficient (Wildman–Crippen LogP) is 5.39. The Hall–Kier alpha value is -3.20. The van der Waals surface area contributed by atoms with Gasteiger partial charge < -0.3 is 5.32 Å². The second-order valence-electron chi connectivity index (χ2n) is 9.04. The number of aryl methyl sites for hydroxylation is 3. The number of nitrogens with zero attached hydrogens (tertiary/aromatic N) is 3. The molecule has 2 aromatic carbocycles. The maximum absolute atomic E-state index is 14.2. The number of carbonyl (C=O) groups excluding carboxylic acids is 1. The Balaban J connectivity index is 1.72. The van der Waals surface area contributed by atoms with Crippen molar-refractivity contribution in [2.24, 2.45) is 0 Å². The zero-order chi connectivity index (χ0) is 26.0. The second kappa shape index (κ2) is 10.4. The van der Waals surface area contributed by atoms with Crippen LogP contribution in [0.15, 0.2) is 48.5 Å². The molecule has 1 N–H and O–H groups in total. The van der Waals surface area contributed by atoms with Crippen LogP contribution in [0.3, 0.4) is 0 Å². The molecule has 0 spiro atoms. The Bertz CT molecular complexity index is 1220. The van der Waals surface area contributed by atoms with Crippen LogP contribution >= 0.6 is 0 Å². The van der Waals surface area contributed by atoms with Gasteiger partial charge in [0.1, 0.15) is 11.9 Å². The van der Waals surface area contributed by atoms with Crippen molar-refractivity contribution in [2.45, 2.75) is 57.9 Å². The van der Waals surface area contributed by atoms with Gasteiger partial charge >= 0.3 is 6.18 Å². The van der Waals surface area contributed by atoms with Gasteiger partial charge in [-0.05, 0) is 49.9 Å². The number of hydrogen-bond donors (Lipinski definition) is 1. The van der Waals surface area contributed by atoms with E-state index in [1.54, 1.807) is 7.05 Å². The molecule has 2 heterocycles. The Kier molecular flexibility index (Phi) is 7.49. The van der Waals surface area contributed by atoms with E-state index in [1.807, 2.05) is 48.9 Å². The fraction of sp³-hybridized carbons (Fsp3) is 0.407. The van der Waals surface area contributed by atoms with Crippen molar-refractivity contribution in [2.75, 3.05) is 13.6 Å². The Morgan fingerprint density at radius 2 is 1.92 bits per heavy atom. The molecular weight excluding hydrogens is 472 g/mol. The standard InChI is InChI=1S/C27H30F4N4O/c1-4-35-23-14-15-34(25(26(36)32-3)19-8-6-5-7-9-19)22(24(23)17(2)33-35)13-11-18-10-12-20(21(28)16-18)27(29,30)31/h5-10,12,16,22,25H,4,11,13-15H2,1-3H3,(H,32,36)/t22-,25+/m0/s1. The molecule has 0 saturated carbocycles. The summed E-state index contributed by atoms with van der Waals surface area (Å²) in [6.45, 7) is 5.29. The number of hydrogen-bond acceptors (Lipinski definition) is 3. The third kappa shape index (κ3) is 5.02. The summed E-state index contributed by atoms with van der Waals surface area (Å²) >= 11 is 0. The summed E-state index contributed by atoms with van der Waals surface area (Å²) in [5.41, 5.74) is 3.08. The van der Waals surface area contributed by atoms with E-state index >= 15 is 0 Å². The van der Waals surface area contributed by atoms with Crippen LogP contribution in [0.2, 0.25) is 0 Å². The van der Waals surface area contributed by atoms with Crippen molar-refractivity contribution in [3.63, 3.8) is 0 Å². The summed E-state index contributed by atoms with van der Waals surface area (Å²) in [6.07, 6.45) is -3.17. The van der Waals surface area contributed by atoms with Gasteiger partial charge in [-0.15, -0.1) is 0 Å². The van der Waals surface area contributed by atoms with Crippen molar-refractivity contribution in [1.29, 1.82) is 0 Å². The zero-order valence-corrected chi connectivity index (χ0v) is 20.6. The van der Waals surface area contributed by atoms with Gasteiger partial charge in [0.15, 0.2) is 0 Å². The normalized spacial score (nSPS) is 17.0. The molecule has 0 aliphatic carbocycles. The van der Waals surface area contributed by atoms with Crippen molar-refractivity contribution in [3.8, 4) is 0 Å². The van der Waals surface area contributed by atoms with E-state index in [1.165, 1.54) is 6.07 Å². The topological polar surface area (TPSA) is 50.2 Å². The van der Waals surface area contributed by atoms with Gasteiger partial charge in [-0.1, -0.05) is 36.4 Å². The summed E-state index contributed by atoms with van der Waals surface area (Å²) < 4.78 is 55.3. The molecule has 0 radical (unpaired) electrons. The number of carbonyl (C=O) groups is 1. The molecule has 3 aromatic rings. The maximum Gasteiger partial charge on any atom is 0.419 e. The summed E-state index contributed by atoms with van der Waals surface area (Å²) in [7, 11) is 1.61. The van der Waals surface area contributed by atoms with Gasteiger partial charge in [0.25, 0.3) is 0 Å². The molecule has 2 atom stereocenters. The molecule has 0 fully saturated rings. The first-order valence-electron chi connectivity index (χ1n) is 12.1. The molecule has 4 rings (SSSR count). The van der Waals surface area contributed by atoms with E-state index < -0.39 is 23.6 Å². The van der Waals surface area contributed by atoms with Gasteiger partial charge in [0.05, 0.1) is 11.3 Å². The number of halogens is 4. The lowest BCUT2D eigenvalue weighted by molar-refractivity contribution is -0.140. The van der Waals surface area contributed by atoms with E-state index in [0.29, 0.717) is 31.5 Å². The smallest absolute Gasteiger partial charge is 0.358 e. The first-order valence-corrected chi connectivity index (χ1v) is 12.1. The molecule has 1 aliphatic rings. The molecule has 0 saturated heterocycles. The number of benzene rings is 2. The highest BCUT2D eigenvalue weighted by molar-refractivity contribution is 5.83. The lowest BCUT2D eigenvalue weighted by Crippen LogP contribution is -2.45. The number of nitrogens with one attached hydrogen (secondary N) is 1. The number of alkyl halides is 3. The molecule has 1 aromatic heterocycles. The van der Waals surface area contributed by atoms with Crippen molar-refractivity contribution in [1.82, 2.24) is 20.0 Å². The average Bonchev–Trinajstić information content (AvgIpc) is 3.18. The van der Waals surface area contributed by atoms with Crippen LogP contribution in [0.4, 0.5) is 17.6 Å². The van der Waals surface area contributed by atoms with Crippen LogP contribution < -0.4 is 5.32 Å². The first kappa shape index (κ1) is 25.9. The van der Waals surface area contributed by atoms with Crippen LogP contribution in [0.5, 0.6) is 0 Å². The molecule has 192 valence electrons. The largest absolute Gasteiger partial charge is 0.419 e. The average molecular weight is 503 g/mol. The summed E-state index contributed by atoms with van der Waals surface area (Å²) in [6, 6.07) is 11.8. The lowest BCUT2D eigenvalue weighted by atomic mass is 9.88. The Labute approximate surface area is 208 Å². The van der Waals surface area contributed by atoms with E-state index in [0.717, 1.165) is 41.1 Å². The molecule has 1 aliphatic heterocycles. The Morgan fingerprint density at radius 1 is 1.19 bits per heavy atom. The van der Waals surface area contributed by atoms with Crippen molar-refractivity contribution in [3.05, 3.63) is 88.0 Å². The molecule has 0 bridgehead atoms. The minimum atomic E-state index is -4.74. The predicted molar refractivity (Wildman–Crippen MR) is 129 cm³/mol. The number of fused-ring (bicyclic) bond motifs is 1. The quantitative estimate of drug-likeness (QED) is 0.441. The van der Waals surface area contributed by atoms with Crippen LogP contribution in [0.1, 0.15) is 59.1 Å². The molecule has 36 heavy (non-hydrogen) atoms. The first-order chi connectivity index (χ1) is 17.2. The zero-order valence-electron chi connectivity index (χ0n) is 20.6. The fourth-order valence-corrected chi connectivity index (χ4v) is 5.29. The number of aromatic nitrogens is 2. The third-order valence-corrected chi connectivity index (χ3v) is 6.91. The number of rotatable bonds is 7. The second-order valence-corrected chi connectivity index (χ2v) is 9.04. The van der Waals surface area contributed by atoms with Gasteiger partial charge in [0, 0.05) is 43.9 Å². The Morgan fingerprint density at radius 3 is 2.53 bits per heavy atom. The lowest BCUT2D eigenvalue weighted by Gasteiger charge is -2.41. The SMILES string of the molecule is CCn1nc(C)c2c1CCN([C@@H](C(=O)NC)c1ccccc1)[C@H]2CCc1ccc(C(F)(F)F)c(F)c1. The molecule has 0 unspecified atom stereocenters. The van der Waals surface area contributed by atoms with Gasteiger partial charge in [-0.25, -0.2) is 4.39 Å². The number of amides is 1. The molecule has 1 amide bonds. The summed E-state index contributed by atoms with van der Waals surface area (Å²) in [5, 5.41) is 7.49. The molecular formula is C27H30F4N4O. The van der Waals surface area contributed by atoms with E-state index in [-0.39, 0.29) is 11.9 Å². The van der Waals surface area contributed by atoms with Gasteiger partial charge in [-0.3, -0.25) is 14.4 Å². The molecule has 9 heteroatoms. The number of likely N-dealkylation sites (N-methyl/N-ethyl adjacent to an activating group) is 1. The highest BCUT2D eigenvalue weighted by Gasteiger charge is 2.39. The van der Waals surface area contributed by atoms with E-state index in [2.05, 4.69) is 10.2 Å².